The highest BCUT2D eigenvalue weighted by Crippen LogP contribution is 2.27. The third-order valence-electron chi connectivity index (χ3n) is 5.31. The van der Waals surface area contributed by atoms with E-state index in [9.17, 15) is 28.4 Å². The Kier molecular flexibility index (Phi) is 6.64. The summed E-state index contributed by atoms with van der Waals surface area (Å²) in [7, 11) is -2.54. The molecule has 1 aromatic carbocycles. The van der Waals surface area contributed by atoms with Gasteiger partial charge in [0, 0.05) is 19.0 Å². The van der Waals surface area contributed by atoms with Gasteiger partial charge in [-0.15, -0.1) is 0 Å². The first kappa shape index (κ1) is 23.0. The van der Waals surface area contributed by atoms with Crippen LogP contribution >= 0.6 is 0 Å². The number of pyridine rings is 1. The number of nitrogens with zero attached hydrogens (tertiary/aromatic N) is 3. The van der Waals surface area contributed by atoms with E-state index in [4.69, 9.17) is 4.74 Å². The summed E-state index contributed by atoms with van der Waals surface area (Å²) in [4.78, 5) is 29.9. The Labute approximate surface area is 185 Å². The lowest BCUT2D eigenvalue weighted by atomic mass is 9.96. The summed E-state index contributed by atoms with van der Waals surface area (Å²) in [6.45, 7) is 2.29. The second-order valence-corrected chi connectivity index (χ2v) is 9.00. The molecule has 2 aromatic rings. The van der Waals surface area contributed by atoms with E-state index >= 15 is 0 Å². The highest BCUT2D eigenvalue weighted by Gasteiger charge is 2.30. The van der Waals surface area contributed by atoms with E-state index in [1.807, 2.05) is 6.07 Å². The van der Waals surface area contributed by atoms with E-state index in [0.717, 1.165) is 0 Å². The number of nitriles is 1. The molecular formula is C21H22N4O6S. The number of rotatable bonds is 6. The van der Waals surface area contributed by atoms with Crippen molar-refractivity contribution in [1.82, 2.24) is 9.71 Å². The SMILES string of the molecule is COc1ccc(S(=O)(=O)NC(=O)C2CCN(c3nc(C)c(C(=O)O)cc3C#N)CC2)cc1. The zero-order chi connectivity index (χ0) is 23.5. The molecule has 1 aliphatic heterocycles. The number of ether oxygens (including phenoxy) is 1. The number of nitrogens with one attached hydrogen (secondary N) is 1. The summed E-state index contributed by atoms with van der Waals surface area (Å²) >= 11 is 0. The van der Waals surface area contributed by atoms with Gasteiger partial charge in [-0.1, -0.05) is 0 Å². The van der Waals surface area contributed by atoms with Crippen LogP contribution in [0, 0.1) is 24.2 Å². The maximum atomic E-state index is 12.6. The lowest BCUT2D eigenvalue weighted by Crippen LogP contribution is -2.42. The molecule has 3 rings (SSSR count). The van der Waals surface area contributed by atoms with Crippen molar-refractivity contribution in [1.29, 1.82) is 5.26 Å². The number of aryl methyl sites for hydroxylation is 1. The lowest BCUT2D eigenvalue weighted by Gasteiger charge is -2.32. The highest BCUT2D eigenvalue weighted by molar-refractivity contribution is 7.90. The van der Waals surface area contributed by atoms with E-state index in [-0.39, 0.29) is 21.7 Å². The van der Waals surface area contributed by atoms with Crippen LogP contribution < -0.4 is 14.4 Å². The maximum Gasteiger partial charge on any atom is 0.337 e. The molecule has 0 aliphatic carbocycles. The quantitative estimate of drug-likeness (QED) is 0.659. The van der Waals surface area contributed by atoms with Crippen LogP contribution in [0.1, 0.15) is 34.5 Å². The number of hydrogen-bond donors (Lipinski definition) is 2. The largest absolute Gasteiger partial charge is 0.497 e. The minimum absolute atomic E-state index is 0.0386. The van der Waals surface area contributed by atoms with Gasteiger partial charge in [0.2, 0.25) is 5.91 Å². The van der Waals surface area contributed by atoms with Crippen LogP contribution in [0.15, 0.2) is 35.2 Å². The summed E-state index contributed by atoms with van der Waals surface area (Å²) in [5.74, 6) is -1.42. The standard InChI is InChI=1S/C21H22N4O6S/c1-13-18(21(27)28)11-15(12-22)19(23-13)25-9-7-14(8-10-25)20(26)24-32(29,30)17-5-3-16(31-2)4-6-17/h3-6,11,14H,7-10H2,1-2H3,(H,24,26)(H,27,28). The van der Waals surface area contributed by atoms with Gasteiger partial charge in [-0.25, -0.2) is 22.9 Å². The third kappa shape index (κ3) is 4.81. The van der Waals surface area contributed by atoms with Crippen molar-refractivity contribution < 1.29 is 27.9 Å². The van der Waals surface area contributed by atoms with Gasteiger partial charge in [0.05, 0.1) is 28.8 Å². The highest BCUT2D eigenvalue weighted by atomic mass is 32.2. The number of carbonyl (C=O) groups is 2. The Hall–Kier alpha value is -3.65. The first-order valence-electron chi connectivity index (χ1n) is 9.77. The molecule has 1 fully saturated rings. The fourth-order valence-electron chi connectivity index (χ4n) is 3.52. The number of sulfonamides is 1. The van der Waals surface area contributed by atoms with Gasteiger partial charge < -0.3 is 14.7 Å². The Morgan fingerprint density at radius 3 is 2.41 bits per heavy atom. The molecule has 2 N–H and O–H groups in total. The van der Waals surface area contributed by atoms with Gasteiger partial charge in [0.1, 0.15) is 17.6 Å². The number of aromatic carboxylic acids is 1. The topological polar surface area (TPSA) is 150 Å². The van der Waals surface area contributed by atoms with Crippen molar-refractivity contribution in [2.75, 3.05) is 25.1 Å². The smallest absolute Gasteiger partial charge is 0.337 e. The Morgan fingerprint density at radius 1 is 1.25 bits per heavy atom. The predicted molar refractivity (Wildman–Crippen MR) is 114 cm³/mol. The predicted octanol–water partition coefficient (Wildman–Crippen LogP) is 1.69. The van der Waals surface area contributed by atoms with Crippen molar-refractivity contribution >= 4 is 27.7 Å². The first-order valence-corrected chi connectivity index (χ1v) is 11.2. The average Bonchev–Trinajstić information content (AvgIpc) is 2.78. The number of methoxy groups -OCH3 is 1. The first-order chi connectivity index (χ1) is 15.2. The van der Waals surface area contributed by atoms with E-state index in [1.165, 1.54) is 37.4 Å². The molecule has 11 heteroatoms. The number of aromatic nitrogens is 1. The zero-order valence-electron chi connectivity index (χ0n) is 17.5. The summed E-state index contributed by atoms with van der Waals surface area (Å²) in [6.07, 6.45) is 0.715. The fourth-order valence-corrected chi connectivity index (χ4v) is 4.56. The number of benzene rings is 1. The molecule has 0 unspecified atom stereocenters. The monoisotopic (exact) mass is 458 g/mol. The van der Waals surface area contributed by atoms with Crippen LogP contribution in [0.2, 0.25) is 0 Å². The summed E-state index contributed by atoms with van der Waals surface area (Å²) in [5.41, 5.74) is 0.387. The molecule has 0 bridgehead atoms. The molecule has 0 saturated carbocycles. The molecule has 0 spiro atoms. The van der Waals surface area contributed by atoms with Crippen LogP contribution in [-0.4, -0.2) is 50.6 Å². The Bertz CT molecular complexity index is 1180. The molecule has 10 nitrogen and oxygen atoms in total. The molecule has 1 aliphatic rings. The zero-order valence-corrected chi connectivity index (χ0v) is 18.3. The second kappa shape index (κ2) is 9.23. The molecule has 32 heavy (non-hydrogen) atoms. The number of anilines is 1. The minimum atomic E-state index is -4.01. The third-order valence-corrected chi connectivity index (χ3v) is 6.68. The van der Waals surface area contributed by atoms with Crippen molar-refractivity contribution in [2.45, 2.75) is 24.7 Å². The number of carbonyl (C=O) groups excluding carboxylic acids is 1. The molecule has 0 radical (unpaired) electrons. The molecule has 168 valence electrons. The van der Waals surface area contributed by atoms with Gasteiger partial charge in [0.15, 0.2) is 0 Å². The van der Waals surface area contributed by atoms with Gasteiger partial charge in [-0.3, -0.25) is 4.79 Å². The van der Waals surface area contributed by atoms with Crippen molar-refractivity contribution in [3.8, 4) is 11.8 Å². The number of piperidine rings is 1. The van der Waals surface area contributed by atoms with Crippen LogP contribution in [0.5, 0.6) is 5.75 Å². The molecule has 0 atom stereocenters. The van der Waals surface area contributed by atoms with Crippen LogP contribution in [0.4, 0.5) is 5.82 Å². The fraction of sp³-hybridized carbons (Fsp3) is 0.333. The van der Waals surface area contributed by atoms with Gasteiger partial charge >= 0.3 is 5.97 Å². The summed E-state index contributed by atoms with van der Waals surface area (Å²) in [6, 6.07) is 8.97. The van der Waals surface area contributed by atoms with E-state index in [1.54, 1.807) is 11.8 Å². The number of hydrogen-bond acceptors (Lipinski definition) is 8. The van der Waals surface area contributed by atoms with Crippen molar-refractivity contribution in [3.63, 3.8) is 0 Å². The number of carboxylic acids is 1. The number of carboxylic acid groups (broad SMARTS) is 1. The summed E-state index contributed by atoms with van der Waals surface area (Å²) < 4.78 is 32.1. The van der Waals surface area contributed by atoms with Crippen LogP contribution in [-0.2, 0) is 14.8 Å². The van der Waals surface area contributed by atoms with Crippen molar-refractivity contribution in [2.24, 2.45) is 5.92 Å². The van der Waals surface area contributed by atoms with Crippen molar-refractivity contribution in [3.05, 3.63) is 47.2 Å². The normalized spacial score (nSPS) is 14.5. The second-order valence-electron chi connectivity index (χ2n) is 7.32. The Morgan fingerprint density at radius 2 is 1.88 bits per heavy atom. The van der Waals surface area contributed by atoms with Gasteiger partial charge in [0.25, 0.3) is 10.0 Å². The molecular weight excluding hydrogens is 436 g/mol. The molecule has 1 aromatic heterocycles. The van der Waals surface area contributed by atoms with Gasteiger partial charge in [-0.05, 0) is 50.1 Å². The van der Waals surface area contributed by atoms with E-state index in [2.05, 4.69) is 9.71 Å². The summed E-state index contributed by atoms with van der Waals surface area (Å²) in [5, 5.41) is 18.6. The number of amides is 1. The van der Waals surface area contributed by atoms with Crippen LogP contribution in [0.25, 0.3) is 0 Å². The van der Waals surface area contributed by atoms with Crippen LogP contribution in [0.3, 0.4) is 0 Å². The Balaban J connectivity index is 1.68. The van der Waals surface area contributed by atoms with E-state index in [0.29, 0.717) is 37.5 Å². The maximum absolute atomic E-state index is 12.6. The lowest BCUT2D eigenvalue weighted by molar-refractivity contribution is -0.123. The van der Waals surface area contributed by atoms with E-state index < -0.39 is 27.8 Å². The molecule has 1 amide bonds. The average molecular weight is 458 g/mol. The molecule has 2 heterocycles. The van der Waals surface area contributed by atoms with Gasteiger partial charge in [-0.2, -0.15) is 5.26 Å². The minimum Gasteiger partial charge on any atom is -0.497 e. The molecule has 1 saturated heterocycles.